The van der Waals surface area contributed by atoms with E-state index < -0.39 is 26.2 Å². The molecule has 1 aliphatic rings. The molecule has 100 valence electrons. The lowest BCUT2D eigenvalue weighted by molar-refractivity contribution is -0.0207. The molecule has 1 rings (SSSR count). The van der Waals surface area contributed by atoms with Gasteiger partial charge in [0.15, 0.2) is 0 Å². The second kappa shape index (κ2) is 4.31. The van der Waals surface area contributed by atoms with E-state index in [0.717, 1.165) is 0 Å². The minimum atomic E-state index is -3.53. The van der Waals surface area contributed by atoms with E-state index in [-0.39, 0.29) is 5.75 Å². The average molecular weight is 284 g/mol. The minimum absolute atomic E-state index is 0.124. The Morgan fingerprint density at radius 3 is 2.24 bits per heavy atom. The number of amides is 1. The number of carbonyl (C=O) groups is 1. The zero-order valence-electron chi connectivity index (χ0n) is 10.5. The maximum Gasteiger partial charge on any atom is 0.410 e. The molecule has 0 aromatic carbocycles. The molecular weight excluding hydrogens is 266 g/mol. The van der Waals surface area contributed by atoms with E-state index in [1.165, 1.54) is 4.90 Å². The summed E-state index contributed by atoms with van der Waals surface area (Å²) in [5.74, 6) is -0.124. The van der Waals surface area contributed by atoms with Gasteiger partial charge in [-0.25, -0.2) is 13.2 Å². The van der Waals surface area contributed by atoms with Crippen molar-refractivity contribution in [2.45, 2.75) is 33.3 Å². The smallest absolute Gasteiger partial charge is 0.410 e. The molecule has 1 heterocycles. The highest BCUT2D eigenvalue weighted by atomic mass is 35.7. The number of hydrogen-bond acceptors (Lipinski definition) is 4. The molecule has 1 aliphatic heterocycles. The van der Waals surface area contributed by atoms with Crippen LogP contribution >= 0.6 is 10.7 Å². The number of hydrogen-bond donors (Lipinski definition) is 0. The molecule has 7 heteroatoms. The fourth-order valence-corrected chi connectivity index (χ4v) is 3.64. The van der Waals surface area contributed by atoms with Crippen molar-refractivity contribution in [3.05, 3.63) is 0 Å². The van der Waals surface area contributed by atoms with Crippen molar-refractivity contribution in [2.75, 3.05) is 18.8 Å². The standard InChI is InChI=1S/C10H18ClNO4S/c1-9(2,3)16-8(13)12-5-10(4,6-12)7-17(11,14)15/h5-7H2,1-4H3. The highest BCUT2D eigenvalue weighted by Crippen LogP contribution is 2.33. The van der Waals surface area contributed by atoms with Crippen LogP contribution in [0.25, 0.3) is 0 Å². The molecule has 0 saturated carbocycles. The molecule has 0 aliphatic carbocycles. The van der Waals surface area contributed by atoms with Gasteiger partial charge in [0, 0.05) is 29.2 Å². The summed E-state index contributed by atoms with van der Waals surface area (Å²) in [5, 5.41) is 0. The summed E-state index contributed by atoms with van der Waals surface area (Å²) in [7, 11) is 1.67. The average Bonchev–Trinajstić information content (AvgIpc) is 1.92. The van der Waals surface area contributed by atoms with Crippen LogP contribution in [0, 0.1) is 5.41 Å². The van der Waals surface area contributed by atoms with Crippen LogP contribution in [0.15, 0.2) is 0 Å². The fraction of sp³-hybridized carbons (Fsp3) is 0.900. The molecule has 0 spiro atoms. The molecule has 5 nitrogen and oxygen atoms in total. The quantitative estimate of drug-likeness (QED) is 0.725. The zero-order chi connectivity index (χ0) is 13.5. The number of likely N-dealkylation sites (tertiary alicyclic amines) is 1. The van der Waals surface area contributed by atoms with Crippen molar-refractivity contribution in [2.24, 2.45) is 5.41 Å². The summed E-state index contributed by atoms with van der Waals surface area (Å²) >= 11 is 0. The van der Waals surface area contributed by atoms with Crippen LogP contribution in [0.4, 0.5) is 4.79 Å². The number of ether oxygens (including phenoxy) is 1. The number of halogens is 1. The Bertz CT molecular complexity index is 407. The monoisotopic (exact) mass is 283 g/mol. The van der Waals surface area contributed by atoms with Gasteiger partial charge < -0.3 is 9.64 Å². The minimum Gasteiger partial charge on any atom is -0.444 e. The lowest BCUT2D eigenvalue weighted by atomic mass is 9.84. The summed E-state index contributed by atoms with van der Waals surface area (Å²) in [6.07, 6.45) is -0.415. The first-order chi connectivity index (χ1) is 7.40. The lowest BCUT2D eigenvalue weighted by Crippen LogP contribution is -2.60. The van der Waals surface area contributed by atoms with Crippen LogP contribution in [0.2, 0.25) is 0 Å². The summed E-state index contributed by atoms with van der Waals surface area (Å²) < 4.78 is 27.1. The number of carbonyl (C=O) groups excluding carboxylic acids is 1. The summed E-state index contributed by atoms with van der Waals surface area (Å²) in [5.41, 5.74) is -1.00. The van der Waals surface area contributed by atoms with Crippen molar-refractivity contribution < 1.29 is 17.9 Å². The number of nitrogens with zero attached hydrogens (tertiary/aromatic N) is 1. The Balaban J connectivity index is 2.49. The first-order valence-corrected chi connectivity index (χ1v) is 7.78. The van der Waals surface area contributed by atoms with Crippen molar-refractivity contribution >= 4 is 25.8 Å². The van der Waals surface area contributed by atoms with Crippen molar-refractivity contribution in [3.63, 3.8) is 0 Å². The third-order valence-corrected chi connectivity index (χ3v) is 3.69. The van der Waals surface area contributed by atoms with Gasteiger partial charge in [0.25, 0.3) is 0 Å². The van der Waals surface area contributed by atoms with Crippen LogP contribution in [0.1, 0.15) is 27.7 Å². The highest BCUT2D eigenvalue weighted by Gasteiger charge is 2.45. The SMILES string of the molecule is CC1(CS(=O)(=O)Cl)CN(C(=O)OC(C)(C)C)C1. The molecule has 1 saturated heterocycles. The van der Waals surface area contributed by atoms with E-state index in [1.807, 2.05) is 0 Å². The van der Waals surface area contributed by atoms with E-state index >= 15 is 0 Å². The van der Waals surface area contributed by atoms with E-state index in [4.69, 9.17) is 15.4 Å². The van der Waals surface area contributed by atoms with Gasteiger partial charge in [0.1, 0.15) is 5.60 Å². The molecular formula is C10H18ClNO4S. The molecule has 0 aromatic heterocycles. The summed E-state index contributed by atoms with van der Waals surface area (Å²) in [4.78, 5) is 13.1. The fourth-order valence-electron chi connectivity index (χ4n) is 1.84. The predicted molar refractivity (Wildman–Crippen MR) is 65.6 cm³/mol. The topological polar surface area (TPSA) is 63.7 Å². The maximum absolute atomic E-state index is 11.6. The van der Waals surface area contributed by atoms with E-state index in [9.17, 15) is 13.2 Å². The lowest BCUT2D eigenvalue weighted by Gasteiger charge is -2.47. The van der Waals surface area contributed by atoms with Crippen LogP contribution in [0.5, 0.6) is 0 Å². The van der Waals surface area contributed by atoms with Gasteiger partial charge in [-0.1, -0.05) is 6.92 Å². The Morgan fingerprint density at radius 1 is 1.41 bits per heavy atom. The Morgan fingerprint density at radius 2 is 1.88 bits per heavy atom. The van der Waals surface area contributed by atoms with Crippen molar-refractivity contribution in [1.82, 2.24) is 4.90 Å². The molecule has 17 heavy (non-hydrogen) atoms. The first-order valence-electron chi connectivity index (χ1n) is 5.31. The third kappa shape index (κ3) is 4.71. The molecule has 0 unspecified atom stereocenters. The van der Waals surface area contributed by atoms with Gasteiger partial charge in [-0.2, -0.15) is 0 Å². The predicted octanol–water partition coefficient (Wildman–Crippen LogP) is 1.81. The van der Waals surface area contributed by atoms with Crippen molar-refractivity contribution in [1.29, 1.82) is 0 Å². The van der Waals surface area contributed by atoms with E-state index in [0.29, 0.717) is 13.1 Å². The van der Waals surface area contributed by atoms with Gasteiger partial charge >= 0.3 is 6.09 Å². The Kier molecular flexibility index (Phi) is 3.70. The van der Waals surface area contributed by atoms with Gasteiger partial charge in [0.2, 0.25) is 9.05 Å². The first kappa shape index (κ1) is 14.6. The van der Waals surface area contributed by atoms with Crippen LogP contribution in [0.3, 0.4) is 0 Å². The third-order valence-electron chi connectivity index (χ3n) is 2.32. The van der Waals surface area contributed by atoms with E-state index in [2.05, 4.69) is 0 Å². The maximum atomic E-state index is 11.6. The van der Waals surface area contributed by atoms with Gasteiger partial charge in [-0.05, 0) is 20.8 Å². The van der Waals surface area contributed by atoms with Crippen LogP contribution < -0.4 is 0 Å². The zero-order valence-corrected chi connectivity index (χ0v) is 12.1. The Labute approximate surface area is 106 Å². The molecule has 1 fully saturated rings. The molecule has 0 radical (unpaired) electrons. The second-order valence-corrected chi connectivity index (χ2v) is 8.61. The molecule has 0 N–H and O–H groups in total. The van der Waals surface area contributed by atoms with Gasteiger partial charge in [0.05, 0.1) is 5.75 Å². The second-order valence-electron chi connectivity index (χ2n) is 5.83. The van der Waals surface area contributed by atoms with Crippen molar-refractivity contribution in [3.8, 4) is 0 Å². The molecule has 0 atom stereocenters. The van der Waals surface area contributed by atoms with Crippen LogP contribution in [-0.4, -0.2) is 43.9 Å². The number of rotatable bonds is 2. The highest BCUT2D eigenvalue weighted by molar-refractivity contribution is 8.13. The van der Waals surface area contributed by atoms with Gasteiger partial charge in [-0.15, -0.1) is 0 Å². The van der Waals surface area contributed by atoms with Gasteiger partial charge in [-0.3, -0.25) is 0 Å². The largest absolute Gasteiger partial charge is 0.444 e. The molecule has 0 aromatic rings. The van der Waals surface area contributed by atoms with Crippen LogP contribution in [-0.2, 0) is 13.8 Å². The molecule has 0 bridgehead atoms. The molecule has 1 amide bonds. The van der Waals surface area contributed by atoms with E-state index in [1.54, 1.807) is 27.7 Å². The normalized spacial score (nSPS) is 19.7. The summed E-state index contributed by atoms with van der Waals surface area (Å²) in [6, 6.07) is 0. The summed E-state index contributed by atoms with van der Waals surface area (Å²) in [6.45, 7) is 7.85. The Hall–Kier alpha value is -0.490.